The van der Waals surface area contributed by atoms with Crippen molar-refractivity contribution >= 4 is 58.5 Å². The van der Waals surface area contributed by atoms with E-state index in [0.717, 1.165) is 24.0 Å². The first-order valence-electron chi connectivity index (χ1n) is 22.5. The van der Waals surface area contributed by atoms with Crippen LogP contribution in [0.1, 0.15) is 92.6 Å². The van der Waals surface area contributed by atoms with Crippen LogP contribution < -0.4 is 22.1 Å². The van der Waals surface area contributed by atoms with E-state index in [-0.39, 0.29) is 59.6 Å². The maximum Gasteiger partial charge on any atom is 0.254 e. The molecule has 0 radical (unpaired) electrons. The third-order valence-corrected chi connectivity index (χ3v) is 13.1. The fraction of sp³-hybridized carbons (Fsp3) is 0.269. The van der Waals surface area contributed by atoms with Crippen LogP contribution in [0.5, 0.6) is 0 Å². The van der Waals surface area contributed by atoms with Crippen molar-refractivity contribution in [2.24, 2.45) is 0 Å². The number of aliphatic hydroxyl groups is 2. The molecule has 0 saturated carbocycles. The Morgan fingerprint density at radius 2 is 1.06 bits per heavy atom. The maximum absolute atomic E-state index is 15.0. The highest BCUT2D eigenvalue weighted by atomic mass is 35.5. The number of nitrogens with one attached hydrogen (secondary N) is 2. The minimum Gasteiger partial charge on any atom is -0.394 e. The molecule has 2 aliphatic heterocycles. The van der Waals surface area contributed by atoms with E-state index in [1.165, 1.54) is 24.3 Å². The van der Waals surface area contributed by atoms with Crippen LogP contribution in [0, 0.1) is 11.6 Å². The normalized spacial score (nSPS) is 16.7. The number of rotatable bonds is 12. The van der Waals surface area contributed by atoms with Crippen molar-refractivity contribution in [3.8, 4) is 22.3 Å². The monoisotopic (exact) mass is 992 g/mol. The Balaban J connectivity index is 0.000000206. The SMILES string of the molecule is CN1CCC(c2cnc(N)c(-c3ccc(C(=O)N[C@H](CO)c4cccc(Cl)c4)c(F)c3)c2)CC1=O.CN1CC[C@@H](c2cnc(N)c(-c3ccc(C(=O)N[C@H](CO)c4cccc(Cl)c4)c(F)c3)c2)CC1=O. The fourth-order valence-corrected chi connectivity index (χ4v) is 8.87. The minimum atomic E-state index is -0.742. The highest BCUT2D eigenvalue weighted by molar-refractivity contribution is 6.31. The molecule has 70 heavy (non-hydrogen) atoms. The number of hydrogen-bond acceptors (Lipinski definition) is 10. The van der Waals surface area contributed by atoms with E-state index in [1.54, 1.807) is 97.0 Å². The predicted octanol–water partition coefficient (Wildman–Crippen LogP) is 7.85. The molecule has 1 unspecified atom stereocenters. The lowest BCUT2D eigenvalue weighted by atomic mass is 9.88. The van der Waals surface area contributed by atoms with Gasteiger partial charge in [0.15, 0.2) is 0 Å². The number of hydrogen-bond donors (Lipinski definition) is 6. The Bertz CT molecular complexity index is 2730. The Labute approximate surface area is 413 Å². The van der Waals surface area contributed by atoms with Crippen LogP contribution >= 0.6 is 23.2 Å². The van der Waals surface area contributed by atoms with Gasteiger partial charge >= 0.3 is 0 Å². The van der Waals surface area contributed by atoms with Gasteiger partial charge in [0.25, 0.3) is 11.8 Å². The molecule has 0 bridgehead atoms. The number of nitrogens with two attached hydrogens (primary N) is 2. The highest BCUT2D eigenvalue weighted by Crippen LogP contribution is 2.35. The molecule has 14 nitrogen and oxygen atoms in total. The van der Waals surface area contributed by atoms with Crippen molar-refractivity contribution in [2.75, 3.05) is 51.9 Å². The summed E-state index contributed by atoms with van der Waals surface area (Å²) < 4.78 is 30.1. The van der Waals surface area contributed by atoms with E-state index in [9.17, 15) is 29.4 Å². The van der Waals surface area contributed by atoms with E-state index < -0.39 is 35.5 Å². The molecule has 2 saturated heterocycles. The molecule has 0 aliphatic carbocycles. The summed E-state index contributed by atoms with van der Waals surface area (Å²) in [5.74, 6) is -2.18. The summed E-state index contributed by atoms with van der Waals surface area (Å²) in [6.07, 6.45) is 5.69. The van der Waals surface area contributed by atoms with Crippen molar-refractivity contribution < 1.29 is 38.2 Å². The number of carbonyl (C=O) groups excluding carboxylic acids is 4. The number of nitrogen functional groups attached to an aromatic ring is 2. The van der Waals surface area contributed by atoms with Crippen LogP contribution in [0.3, 0.4) is 0 Å². The number of halogens is 4. The summed E-state index contributed by atoms with van der Waals surface area (Å²) in [7, 11) is 3.56. The van der Waals surface area contributed by atoms with Crippen molar-refractivity contribution in [3.63, 3.8) is 0 Å². The van der Waals surface area contributed by atoms with Crippen molar-refractivity contribution in [2.45, 2.75) is 49.6 Å². The molecule has 2 aliphatic rings. The number of aromatic nitrogens is 2. The lowest BCUT2D eigenvalue weighted by Gasteiger charge is -2.29. The van der Waals surface area contributed by atoms with Gasteiger partial charge in [0.05, 0.1) is 36.4 Å². The van der Waals surface area contributed by atoms with Crippen LogP contribution in [0.25, 0.3) is 22.3 Å². The number of pyridine rings is 2. The fourth-order valence-electron chi connectivity index (χ4n) is 8.47. The maximum atomic E-state index is 15.0. The zero-order valence-corrected chi connectivity index (χ0v) is 39.9. The minimum absolute atomic E-state index is 0.0161. The number of piperidine rings is 2. The molecule has 4 amide bonds. The number of aliphatic hydroxyl groups excluding tert-OH is 2. The highest BCUT2D eigenvalue weighted by Gasteiger charge is 2.28. The Morgan fingerprint density at radius 3 is 1.40 bits per heavy atom. The number of amides is 4. The Morgan fingerprint density at radius 1 is 0.657 bits per heavy atom. The molecule has 2 fully saturated rings. The summed E-state index contributed by atoms with van der Waals surface area (Å²) in [6, 6.07) is 24.1. The van der Waals surface area contributed by atoms with Gasteiger partial charge in [-0.1, -0.05) is 59.6 Å². The van der Waals surface area contributed by atoms with Crippen molar-refractivity contribution in [3.05, 3.63) is 165 Å². The van der Waals surface area contributed by atoms with Gasteiger partial charge in [-0.05, 0) is 119 Å². The molecule has 364 valence electrons. The summed E-state index contributed by atoms with van der Waals surface area (Å²) in [6.45, 7) is 0.567. The van der Waals surface area contributed by atoms with Gasteiger partial charge in [-0.25, -0.2) is 18.7 Å². The van der Waals surface area contributed by atoms with E-state index in [0.29, 0.717) is 69.4 Å². The average Bonchev–Trinajstić information content (AvgIpc) is 3.34. The molecule has 4 heterocycles. The third-order valence-electron chi connectivity index (χ3n) is 12.7. The van der Waals surface area contributed by atoms with E-state index in [4.69, 9.17) is 34.7 Å². The second kappa shape index (κ2) is 22.6. The molecule has 4 aromatic carbocycles. The molecule has 2 aromatic heterocycles. The molecule has 8 rings (SSSR count). The molecular formula is C52H52Cl2F2N8O6. The quantitative estimate of drug-likeness (QED) is 0.0698. The Hall–Kier alpha value is -6.98. The second-order valence-corrected chi connectivity index (χ2v) is 18.2. The molecule has 18 heteroatoms. The van der Waals surface area contributed by atoms with Gasteiger partial charge in [-0.2, -0.15) is 0 Å². The van der Waals surface area contributed by atoms with Gasteiger partial charge < -0.3 is 42.1 Å². The van der Waals surface area contributed by atoms with E-state index in [1.807, 2.05) is 12.1 Å². The van der Waals surface area contributed by atoms with Crippen molar-refractivity contribution in [1.82, 2.24) is 30.4 Å². The van der Waals surface area contributed by atoms with Crippen LogP contribution in [0.4, 0.5) is 20.4 Å². The van der Waals surface area contributed by atoms with Gasteiger partial charge in [0.1, 0.15) is 23.3 Å². The molecule has 6 aromatic rings. The van der Waals surface area contributed by atoms with Gasteiger partial charge in [0.2, 0.25) is 11.8 Å². The third kappa shape index (κ3) is 12.1. The number of benzene rings is 4. The summed E-state index contributed by atoms with van der Waals surface area (Å²) in [5.41, 5.74) is 16.8. The topological polar surface area (TPSA) is 217 Å². The lowest BCUT2D eigenvalue weighted by Crippen LogP contribution is -2.34. The first-order chi connectivity index (χ1) is 33.5. The van der Waals surface area contributed by atoms with E-state index >= 15 is 8.78 Å². The van der Waals surface area contributed by atoms with Crippen LogP contribution in [-0.2, 0) is 9.59 Å². The van der Waals surface area contributed by atoms with Gasteiger partial charge in [-0.3, -0.25) is 19.2 Å². The average molecular weight is 994 g/mol. The largest absolute Gasteiger partial charge is 0.394 e. The van der Waals surface area contributed by atoms with Gasteiger partial charge in [0, 0.05) is 73.6 Å². The summed E-state index contributed by atoms with van der Waals surface area (Å²) >= 11 is 12.0. The number of nitrogens with zero attached hydrogens (tertiary/aromatic N) is 4. The zero-order chi connectivity index (χ0) is 50.2. The number of carbonyl (C=O) groups is 4. The number of anilines is 2. The van der Waals surface area contributed by atoms with Crippen molar-refractivity contribution in [1.29, 1.82) is 0 Å². The first kappa shape index (κ1) is 50.9. The standard InChI is InChI=1S/2C26H26ClFN4O3/c2*1-32-8-7-15(12-24(32)34)18-10-21(25(29)30-13-18)16-5-6-20(22(28)11-16)26(35)31-23(14-33)17-3-2-4-19(27)9-17/h2*2-6,9-11,13,15,23,33H,7-8,12,14H2,1H3,(H2,29,30)(H,31,35)/t15?,23-;15-,23-/m11/s1. The second-order valence-electron chi connectivity index (χ2n) is 17.3. The summed E-state index contributed by atoms with van der Waals surface area (Å²) in [5, 5.41) is 25.7. The first-order valence-corrected chi connectivity index (χ1v) is 23.2. The van der Waals surface area contributed by atoms with Crippen LogP contribution in [0.15, 0.2) is 109 Å². The van der Waals surface area contributed by atoms with Gasteiger partial charge in [-0.15, -0.1) is 0 Å². The summed E-state index contributed by atoms with van der Waals surface area (Å²) in [4.78, 5) is 61.7. The van der Waals surface area contributed by atoms with Crippen LogP contribution in [-0.4, -0.2) is 94.0 Å². The molecular weight excluding hydrogens is 942 g/mol. The van der Waals surface area contributed by atoms with E-state index in [2.05, 4.69) is 20.6 Å². The number of likely N-dealkylation sites (tertiary alicyclic amines) is 2. The Kier molecular flexibility index (Phi) is 16.4. The lowest BCUT2D eigenvalue weighted by molar-refractivity contribution is -0.133. The zero-order valence-electron chi connectivity index (χ0n) is 38.3. The van der Waals surface area contributed by atoms with Crippen LogP contribution in [0.2, 0.25) is 10.0 Å². The molecule has 4 atom stereocenters. The molecule has 8 N–H and O–H groups in total. The predicted molar refractivity (Wildman–Crippen MR) is 265 cm³/mol. The molecule has 0 spiro atoms. The smallest absolute Gasteiger partial charge is 0.254 e.